The maximum absolute atomic E-state index is 12.5. The lowest BCUT2D eigenvalue weighted by atomic mass is 9.86. The topological polar surface area (TPSA) is 94.1 Å². The second-order valence-electron chi connectivity index (χ2n) is 9.99. The Kier molecular flexibility index (Phi) is 8.43. The summed E-state index contributed by atoms with van der Waals surface area (Å²) in [6, 6.07) is 7.83. The SMILES string of the molecule is CCCCOC(=O)Nc1cc(C)c(-c2ccc3c(c2)CCCO3)c(C(OC(C)(C)C)C(=O)O)c1C. The predicted octanol–water partition coefficient (Wildman–Crippen LogP) is 6.58. The number of rotatable bonds is 8. The summed E-state index contributed by atoms with van der Waals surface area (Å²) in [5.41, 5.74) is 4.57. The first-order valence-electron chi connectivity index (χ1n) is 12.3. The number of hydrogen-bond donors (Lipinski definition) is 2. The molecule has 0 saturated carbocycles. The molecule has 0 saturated heterocycles. The van der Waals surface area contributed by atoms with E-state index in [-0.39, 0.29) is 0 Å². The minimum Gasteiger partial charge on any atom is -0.493 e. The summed E-state index contributed by atoms with van der Waals surface area (Å²) in [5, 5.41) is 13.0. The van der Waals surface area contributed by atoms with Crippen molar-refractivity contribution in [2.45, 2.75) is 78.9 Å². The fraction of sp³-hybridized carbons (Fsp3) is 0.500. The van der Waals surface area contributed by atoms with Crippen LogP contribution in [0.1, 0.15) is 75.3 Å². The minimum absolute atomic E-state index is 0.327. The number of aryl methyl sites for hydroxylation is 2. The number of ether oxygens (including phenoxy) is 3. The number of fused-ring (bicyclic) bond motifs is 1. The van der Waals surface area contributed by atoms with Crippen LogP contribution in [0.15, 0.2) is 24.3 Å². The van der Waals surface area contributed by atoms with E-state index in [1.807, 2.05) is 59.7 Å². The molecule has 1 aliphatic rings. The van der Waals surface area contributed by atoms with Gasteiger partial charge in [-0.1, -0.05) is 19.4 Å². The zero-order chi connectivity index (χ0) is 25.8. The van der Waals surface area contributed by atoms with Crippen LogP contribution in [0.2, 0.25) is 0 Å². The second-order valence-corrected chi connectivity index (χ2v) is 9.99. The van der Waals surface area contributed by atoms with Gasteiger partial charge in [0.25, 0.3) is 0 Å². The van der Waals surface area contributed by atoms with Crippen LogP contribution >= 0.6 is 0 Å². The van der Waals surface area contributed by atoms with E-state index in [1.54, 1.807) is 0 Å². The van der Waals surface area contributed by atoms with Gasteiger partial charge in [-0.15, -0.1) is 0 Å². The van der Waals surface area contributed by atoms with E-state index >= 15 is 0 Å². The molecule has 1 unspecified atom stereocenters. The number of hydrogen-bond acceptors (Lipinski definition) is 5. The van der Waals surface area contributed by atoms with Crippen molar-refractivity contribution < 1.29 is 28.9 Å². The Bertz CT molecular complexity index is 1090. The van der Waals surface area contributed by atoms with Crippen LogP contribution in [-0.2, 0) is 20.7 Å². The van der Waals surface area contributed by atoms with Crippen LogP contribution in [0.25, 0.3) is 11.1 Å². The van der Waals surface area contributed by atoms with Gasteiger partial charge >= 0.3 is 12.1 Å². The van der Waals surface area contributed by atoms with Crippen LogP contribution in [0.4, 0.5) is 10.5 Å². The number of carbonyl (C=O) groups is 2. The van der Waals surface area contributed by atoms with E-state index in [1.165, 1.54) is 0 Å². The maximum atomic E-state index is 12.5. The highest BCUT2D eigenvalue weighted by Crippen LogP contribution is 2.42. The van der Waals surface area contributed by atoms with E-state index < -0.39 is 23.8 Å². The first-order valence-corrected chi connectivity index (χ1v) is 12.3. The third-order valence-corrected chi connectivity index (χ3v) is 5.96. The molecule has 0 radical (unpaired) electrons. The van der Waals surface area contributed by atoms with Crippen LogP contribution < -0.4 is 10.1 Å². The first kappa shape index (κ1) is 26.5. The average molecular weight is 484 g/mol. The van der Waals surface area contributed by atoms with Crippen molar-refractivity contribution in [3.05, 3.63) is 46.5 Å². The summed E-state index contributed by atoms with van der Waals surface area (Å²) < 4.78 is 17.1. The van der Waals surface area contributed by atoms with E-state index in [4.69, 9.17) is 14.2 Å². The third-order valence-electron chi connectivity index (χ3n) is 5.96. The normalized spacial score (nSPS) is 14.0. The monoisotopic (exact) mass is 483 g/mol. The predicted molar refractivity (Wildman–Crippen MR) is 136 cm³/mol. The molecule has 2 aromatic carbocycles. The number of carbonyl (C=O) groups excluding carboxylic acids is 1. The Balaban J connectivity index is 2.16. The Morgan fingerprint density at radius 3 is 2.60 bits per heavy atom. The van der Waals surface area contributed by atoms with Gasteiger partial charge in [0.05, 0.1) is 18.8 Å². The highest BCUT2D eigenvalue weighted by Gasteiger charge is 2.32. The van der Waals surface area contributed by atoms with Crippen molar-refractivity contribution in [2.24, 2.45) is 0 Å². The molecule has 0 fully saturated rings. The lowest BCUT2D eigenvalue weighted by Gasteiger charge is -2.30. The Morgan fingerprint density at radius 2 is 1.94 bits per heavy atom. The van der Waals surface area contributed by atoms with Gasteiger partial charge in [-0.25, -0.2) is 9.59 Å². The van der Waals surface area contributed by atoms with Crippen LogP contribution in [0.3, 0.4) is 0 Å². The number of anilines is 1. The first-order chi connectivity index (χ1) is 16.5. The fourth-order valence-corrected chi connectivity index (χ4v) is 4.34. The Hall–Kier alpha value is -3.06. The zero-order valence-corrected chi connectivity index (χ0v) is 21.6. The summed E-state index contributed by atoms with van der Waals surface area (Å²) >= 11 is 0. The molecule has 2 aromatic rings. The molecular formula is C28H37NO6. The lowest BCUT2D eigenvalue weighted by Crippen LogP contribution is -2.28. The summed E-state index contributed by atoms with van der Waals surface area (Å²) in [4.78, 5) is 24.9. The molecule has 0 bridgehead atoms. The van der Waals surface area contributed by atoms with Crippen molar-refractivity contribution in [3.8, 4) is 16.9 Å². The van der Waals surface area contributed by atoms with Crippen molar-refractivity contribution in [1.82, 2.24) is 0 Å². The molecule has 7 nitrogen and oxygen atoms in total. The number of carboxylic acids is 1. The highest BCUT2D eigenvalue weighted by atomic mass is 16.5. The summed E-state index contributed by atoms with van der Waals surface area (Å²) in [5.74, 6) is -0.225. The molecule has 1 amide bonds. The fourth-order valence-electron chi connectivity index (χ4n) is 4.34. The molecule has 0 spiro atoms. The molecule has 2 N–H and O–H groups in total. The number of benzene rings is 2. The number of nitrogens with one attached hydrogen (secondary N) is 1. The van der Waals surface area contributed by atoms with Crippen LogP contribution in [0.5, 0.6) is 5.75 Å². The molecule has 0 aromatic heterocycles. The van der Waals surface area contributed by atoms with E-state index in [0.29, 0.717) is 30.0 Å². The zero-order valence-electron chi connectivity index (χ0n) is 21.6. The Labute approximate surface area is 207 Å². The number of amides is 1. The van der Waals surface area contributed by atoms with Gasteiger partial charge in [0.15, 0.2) is 6.10 Å². The highest BCUT2D eigenvalue weighted by molar-refractivity contribution is 5.90. The van der Waals surface area contributed by atoms with Crippen molar-refractivity contribution >= 4 is 17.7 Å². The maximum Gasteiger partial charge on any atom is 0.411 e. The molecular weight excluding hydrogens is 446 g/mol. The molecule has 1 atom stereocenters. The molecule has 3 rings (SSSR count). The summed E-state index contributed by atoms with van der Waals surface area (Å²) in [6.07, 6.45) is 1.75. The van der Waals surface area contributed by atoms with E-state index in [9.17, 15) is 14.7 Å². The van der Waals surface area contributed by atoms with E-state index in [0.717, 1.165) is 53.7 Å². The molecule has 1 aliphatic heterocycles. The van der Waals surface area contributed by atoms with Gasteiger partial charge < -0.3 is 19.3 Å². The minimum atomic E-state index is -1.23. The number of unbranched alkanes of at least 4 members (excludes halogenated alkanes) is 1. The lowest BCUT2D eigenvalue weighted by molar-refractivity contribution is -0.160. The van der Waals surface area contributed by atoms with Crippen molar-refractivity contribution in [3.63, 3.8) is 0 Å². The number of aliphatic carboxylic acids is 1. The molecule has 0 aliphatic carbocycles. The van der Waals surface area contributed by atoms with Gasteiger partial charge in [0.1, 0.15) is 5.75 Å². The molecule has 1 heterocycles. The van der Waals surface area contributed by atoms with Crippen molar-refractivity contribution in [2.75, 3.05) is 18.5 Å². The Morgan fingerprint density at radius 1 is 1.20 bits per heavy atom. The van der Waals surface area contributed by atoms with Crippen molar-refractivity contribution in [1.29, 1.82) is 0 Å². The molecule has 35 heavy (non-hydrogen) atoms. The van der Waals surface area contributed by atoms with Crippen LogP contribution in [0, 0.1) is 13.8 Å². The summed E-state index contributed by atoms with van der Waals surface area (Å²) in [6.45, 7) is 12.3. The van der Waals surface area contributed by atoms with Gasteiger partial charge in [0, 0.05) is 11.3 Å². The van der Waals surface area contributed by atoms with Gasteiger partial charge in [-0.05, 0) is 99.9 Å². The van der Waals surface area contributed by atoms with Gasteiger partial charge in [0.2, 0.25) is 0 Å². The smallest absolute Gasteiger partial charge is 0.411 e. The average Bonchev–Trinajstić information content (AvgIpc) is 2.79. The van der Waals surface area contributed by atoms with Crippen LogP contribution in [-0.4, -0.2) is 36.0 Å². The second kappa shape index (κ2) is 11.1. The standard InChI is InChI=1S/C28H37NO6/c1-7-8-13-34-27(32)29-21-15-17(2)23(20-11-12-22-19(16-20)10-9-14-33-22)24(18(21)3)25(26(30)31)35-28(4,5)6/h11-12,15-16,25H,7-10,13-14H2,1-6H3,(H,29,32)(H,30,31). The van der Waals surface area contributed by atoms with Gasteiger partial charge in [-0.2, -0.15) is 0 Å². The van der Waals surface area contributed by atoms with Gasteiger partial charge in [-0.3, -0.25) is 5.32 Å². The van der Waals surface area contributed by atoms with E-state index in [2.05, 4.69) is 11.4 Å². The molecule has 7 heteroatoms. The largest absolute Gasteiger partial charge is 0.493 e. The third kappa shape index (κ3) is 6.54. The summed E-state index contributed by atoms with van der Waals surface area (Å²) in [7, 11) is 0. The molecule has 190 valence electrons. The quantitative estimate of drug-likeness (QED) is 0.412. The number of carboxylic acid groups (broad SMARTS) is 1.